The summed E-state index contributed by atoms with van der Waals surface area (Å²) >= 11 is 0. The standard InChI is InChI=1S/C31H36O6.C3H6.C2H6.C2H4/c1-2-3-4-5-6-7-28-24-26(9-8-25-10-15-29(16-11-25)34-20-22-36-32)12-19-31(28)27-13-17-30(18-14-27)35-21-23-37-33;1-3-2;2*1-2/h10-19,24,32-33H,2-7,20-23H2,1H3;3H,1H2,2H3;1-2H3;1-2H2. The molecule has 0 atom stereocenters. The molecule has 0 aliphatic heterocycles. The number of benzene rings is 3. The van der Waals surface area contributed by atoms with Crippen molar-refractivity contribution in [3.05, 3.63) is 109 Å². The average Bonchev–Trinajstić information content (AvgIpc) is 3.07. The summed E-state index contributed by atoms with van der Waals surface area (Å²) in [6.07, 6.45) is 8.90. The van der Waals surface area contributed by atoms with Gasteiger partial charge in [-0.05, 0) is 85.0 Å². The lowest BCUT2D eigenvalue weighted by Gasteiger charge is -2.12. The number of unbranched alkanes of at least 4 members (excludes halogenated alkanes) is 4. The largest absolute Gasteiger partial charge is 0.491 e. The van der Waals surface area contributed by atoms with E-state index in [-0.39, 0.29) is 19.8 Å². The van der Waals surface area contributed by atoms with Crippen LogP contribution in [0.4, 0.5) is 0 Å². The monoisotopic (exact) mass is 604 g/mol. The predicted octanol–water partition coefficient (Wildman–Crippen LogP) is 10.0. The van der Waals surface area contributed by atoms with Crippen LogP contribution in [0.2, 0.25) is 0 Å². The lowest BCUT2D eigenvalue weighted by molar-refractivity contribution is -0.245. The Hall–Kier alpha value is -3.86. The Bertz CT molecular complexity index is 1180. The molecule has 6 heteroatoms. The van der Waals surface area contributed by atoms with Crippen LogP contribution in [0.5, 0.6) is 11.5 Å². The fourth-order valence-corrected chi connectivity index (χ4v) is 3.98. The highest BCUT2D eigenvalue weighted by Gasteiger charge is 2.07. The summed E-state index contributed by atoms with van der Waals surface area (Å²) in [6.45, 7) is 18.3. The van der Waals surface area contributed by atoms with Crippen LogP contribution in [0, 0.1) is 11.8 Å². The zero-order valence-electron chi connectivity index (χ0n) is 27.1. The highest BCUT2D eigenvalue weighted by molar-refractivity contribution is 5.69. The highest BCUT2D eigenvalue weighted by Crippen LogP contribution is 2.28. The molecule has 240 valence electrons. The Morgan fingerprint density at radius 3 is 1.68 bits per heavy atom. The maximum atomic E-state index is 8.45. The number of allylic oxidation sites excluding steroid dienone is 1. The van der Waals surface area contributed by atoms with E-state index < -0.39 is 0 Å². The molecular weight excluding hydrogens is 552 g/mol. The summed E-state index contributed by atoms with van der Waals surface area (Å²) in [6, 6.07) is 22.0. The maximum Gasteiger partial charge on any atom is 0.119 e. The van der Waals surface area contributed by atoms with E-state index in [0.29, 0.717) is 12.4 Å². The van der Waals surface area contributed by atoms with Crippen molar-refractivity contribution >= 4 is 0 Å². The lowest BCUT2D eigenvalue weighted by Crippen LogP contribution is -2.04. The first kappa shape index (κ1) is 40.1. The predicted molar refractivity (Wildman–Crippen MR) is 183 cm³/mol. The molecule has 0 saturated heterocycles. The van der Waals surface area contributed by atoms with Crippen LogP contribution < -0.4 is 9.47 Å². The van der Waals surface area contributed by atoms with Crippen LogP contribution >= 0.6 is 0 Å². The zero-order chi connectivity index (χ0) is 32.8. The molecule has 0 amide bonds. The maximum absolute atomic E-state index is 8.45. The normalized spacial score (nSPS) is 9.41. The van der Waals surface area contributed by atoms with Gasteiger partial charge in [-0.1, -0.05) is 82.6 Å². The molecule has 0 radical (unpaired) electrons. The van der Waals surface area contributed by atoms with Gasteiger partial charge in [-0.25, -0.2) is 9.78 Å². The van der Waals surface area contributed by atoms with Crippen molar-refractivity contribution in [3.8, 4) is 34.5 Å². The van der Waals surface area contributed by atoms with Crippen LogP contribution in [-0.4, -0.2) is 36.9 Å². The lowest BCUT2D eigenvalue weighted by atomic mass is 9.93. The highest BCUT2D eigenvalue weighted by atomic mass is 17.1. The number of ether oxygens (including phenoxy) is 2. The molecule has 0 spiro atoms. The van der Waals surface area contributed by atoms with Crippen molar-refractivity contribution < 1.29 is 29.8 Å². The van der Waals surface area contributed by atoms with Crippen molar-refractivity contribution in [1.82, 2.24) is 0 Å². The van der Waals surface area contributed by atoms with Crippen molar-refractivity contribution in [2.24, 2.45) is 0 Å². The van der Waals surface area contributed by atoms with E-state index in [4.69, 9.17) is 20.0 Å². The van der Waals surface area contributed by atoms with Crippen LogP contribution in [-0.2, 0) is 16.2 Å². The molecule has 0 aliphatic rings. The van der Waals surface area contributed by atoms with E-state index in [1.165, 1.54) is 36.8 Å². The first-order valence-corrected chi connectivity index (χ1v) is 15.4. The summed E-state index contributed by atoms with van der Waals surface area (Å²) in [5.74, 6) is 7.99. The van der Waals surface area contributed by atoms with Crippen LogP contribution in [0.1, 0.15) is 76.5 Å². The van der Waals surface area contributed by atoms with Gasteiger partial charge in [-0.3, -0.25) is 10.5 Å². The minimum absolute atomic E-state index is 0.121. The van der Waals surface area contributed by atoms with Crippen molar-refractivity contribution in [3.63, 3.8) is 0 Å². The Morgan fingerprint density at radius 1 is 0.682 bits per heavy atom. The Morgan fingerprint density at radius 2 is 1.16 bits per heavy atom. The smallest absolute Gasteiger partial charge is 0.119 e. The van der Waals surface area contributed by atoms with Crippen LogP contribution in [0.15, 0.2) is 92.5 Å². The van der Waals surface area contributed by atoms with E-state index in [1.54, 1.807) is 6.08 Å². The second kappa shape index (κ2) is 27.9. The third-order valence-electron chi connectivity index (χ3n) is 5.91. The Labute approximate surface area is 265 Å². The van der Waals surface area contributed by atoms with Crippen LogP contribution in [0.25, 0.3) is 11.1 Å². The van der Waals surface area contributed by atoms with E-state index in [0.717, 1.165) is 35.3 Å². The average molecular weight is 605 g/mol. The van der Waals surface area contributed by atoms with Gasteiger partial charge >= 0.3 is 0 Å². The summed E-state index contributed by atoms with van der Waals surface area (Å²) in [5, 5.41) is 16.8. The number of aryl methyl sites for hydroxylation is 1. The summed E-state index contributed by atoms with van der Waals surface area (Å²) in [7, 11) is 0. The zero-order valence-corrected chi connectivity index (χ0v) is 27.1. The molecule has 0 aromatic heterocycles. The van der Waals surface area contributed by atoms with Gasteiger partial charge in [0, 0.05) is 11.1 Å². The van der Waals surface area contributed by atoms with Gasteiger partial charge in [0.2, 0.25) is 0 Å². The molecule has 6 nitrogen and oxygen atoms in total. The molecule has 0 heterocycles. The molecule has 0 aliphatic carbocycles. The van der Waals surface area contributed by atoms with E-state index >= 15 is 0 Å². The Balaban J connectivity index is 0.00000244. The minimum Gasteiger partial charge on any atom is -0.491 e. The Kier molecular flexibility index (Phi) is 25.5. The molecule has 2 N–H and O–H groups in total. The molecule has 44 heavy (non-hydrogen) atoms. The first-order chi connectivity index (χ1) is 21.6. The quantitative estimate of drug-likeness (QED) is 0.0591. The number of hydrogen-bond acceptors (Lipinski definition) is 6. The van der Waals surface area contributed by atoms with Gasteiger partial charge in [0.1, 0.15) is 37.9 Å². The van der Waals surface area contributed by atoms with Gasteiger partial charge in [0.15, 0.2) is 0 Å². The first-order valence-electron chi connectivity index (χ1n) is 15.4. The van der Waals surface area contributed by atoms with E-state index in [1.807, 2.05) is 57.2 Å². The van der Waals surface area contributed by atoms with Gasteiger partial charge in [0.25, 0.3) is 0 Å². The fraction of sp³-hybridized carbons (Fsp3) is 0.368. The van der Waals surface area contributed by atoms with Gasteiger partial charge in [-0.15, -0.1) is 19.7 Å². The molecular formula is C38H52O6. The van der Waals surface area contributed by atoms with E-state index in [9.17, 15) is 0 Å². The molecule has 0 unspecified atom stereocenters. The molecule has 0 fully saturated rings. The van der Waals surface area contributed by atoms with Crippen LogP contribution in [0.3, 0.4) is 0 Å². The second-order valence-corrected chi connectivity index (χ2v) is 9.11. The number of rotatable bonds is 15. The number of hydrogen-bond donors (Lipinski definition) is 2. The topological polar surface area (TPSA) is 77.4 Å². The van der Waals surface area contributed by atoms with Gasteiger partial charge in [0.05, 0.1) is 0 Å². The fourth-order valence-electron chi connectivity index (χ4n) is 3.98. The summed E-state index contributed by atoms with van der Waals surface area (Å²) in [4.78, 5) is 8.08. The van der Waals surface area contributed by atoms with Crippen molar-refractivity contribution in [2.75, 3.05) is 26.4 Å². The molecule has 0 bridgehead atoms. The third-order valence-corrected chi connectivity index (χ3v) is 5.91. The molecule has 0 saturated carbocycles. The van der Waals surface area contributed by atoms with Gasteiger partial charge in [-0.2, -0.15) is 0 Å². The van der Waals surface area contributed by atoms with Gasteiger partial charge < -0.3 is 9.47 Å². The SMILES string of the molecule is C=C.C=CC.CC.CCCCCCCc1cc(C#Cc2ccc(OCCOO)cc2)ccc1-c1ccc(OCCOO)cc1. The van der Waals surface area contributed by atoms with E-state index in [2.05, 4.69) is 78.6 Å². The third kappa shape index (κ3) is 17.3. The molecule has 3 aromatic rings. The summed E-state index contributed by atoms with van der Waals surface area (Å²) in [5.41, 5.74) is 5.52. The summed E-state index contributed by atoms with van der Waals surface area (Å²) < 4.78 is 11.0. The van der Waals surface area contributed by atoms with Crippen molar-refractivity contribution in [1.29, 1.82) is 0 Å². The second-order valence-electron chi connectivity index (χ2n) is 9.11. The van der Waals surface area contributed by atoms with Crippen molar-refractivity contribution in [2.45, 2.75) is 66.2 Å². The molecule has 3 aromatic carbocycles. The minimum atomic E-state index is 0.121. The molecule has 3 rings (SSSR count).